The summed E-state index contributed by atoms with van der Waals surface area (Å²) in [5, 5.41) is 5.80. The summed E-state index contributed by atoms with van der Waals surface area (Å²) in [5.41, 5.74) is 5.95. The summed E-state index contributed by atoms with van der Waals surface area (Å²) in [6.45, 7) is 2.48. The highest BCUT2D eigenvalue weighted by Gasteiger charge is 1.97. The highest BCUT2D eigenvalue weighted by molar-refractivity contribution is 7.13. The number of carbonyl (C=O) groups excluding carboxylic acids is 1. The highest BCUT2D eigenvalue weighted by atomic mass is 32.1. The van der Waals surface area contributed by atoms with E-state index in [0.717, 1.165) is 10.8 Å². The number of primary amides is 1. The zero-order valence-electron chi connectivity index (χ0n) is 6.83. The number of amides is 1. The van der Waals surface area contributed by atoms with Crippen LogP contribution in [0.25, 0.3) is 0 Å². The Kier molecular flexibility index (Phi) is 3.04. The van der Waals surface area contributed by atoms with Crippen molar-refractivity contribution in [2.75, 3.05) is 11.9 Å². The molecular weight excluding hydrogens is 174 g/mol. The highest BCUT2D eigenvalue weighted by Crippen LogP contribution is 2.13. The second kappa shape index (κ2) is 4.06. The van der Waals surface area contributed by atoms with Crippen LogP contribution in [0.15, 0.2) is 5.38 Å². The first kappa shape index (κ1) is 8.99. The summed E-state index contributed by atoms with van der Waals surface area (Å²) in [6, 6.07) is 0. The van der Waals surface area contributed by atoms with E-state index in [-0.39, 0.29) is 5.91 Å². The van der Waals surface area contributed by atoms with Crippen LogP contribution in [-0.4, -0.2) is 17.4 Å². The largest absolute Gasteiger partial charge is 0.370 e. The number of aromatic nitrogens is 1. The molecule has 1 aromatic heterocycles. The molecule has 0 fully saturated rings. The molecule has 0 aromatic carbocycles. The first-order valence-corrected chi connectivity index (χ1v) is 4.51. The van der Waals surface area contributed by atoms with Crippen LogP contribution in [0.1, 0.15) is 12.1 Å². The van der Waals surface area contributed by atoms with Crippen LogP contribution < -0.4 is 11.1 Å². The number of anilines is 1. The fourth-order valence-corrected chi connectivity index (χ4v) is 1.44. The average Bonchev–Trinajstić information content (AvgIpc) is 2.35. The van der Waals surface area contributed by atoms with Gasteiger partial charge in [0.25, 0.3) is 0 Å². The molecule has 0 saturated heterocycles. The van der Waals surface area contributed by atoms with Crippen LogP contribution in [0.5, 0.6) is 0 Å². The molecule has 66 valence electrons. The van der Waals surface area contributed by atoms with E-state index >= 15 is 0 Å². The van der Waals surface area contributed by atoms with Crippen molar-refractivity contribution in [1.82, 2.24) is 4.98 Å². The second-order valence-electron chi connectivity index (χ2n) is 2.44. The topological polar surface area (TPSA) is 68.0 Å². The van der Waals surface area contributed by atoms with Crippen LogP contribution in [-0.2, 0) is 4.79 Å². The number of nitrogens with two attached hydrogens (primary N) is 1. The molecule has 0 spiro atoms. The van der Waals surface area contributed by atoms with Crippen molar-refractivity contribution >= 4 is 22.4 Å². The maximum absolute atomic E-state index is 10.4. The molecule has 0 radical (unpaired) electrons. The number of nitrogens with zero attached hydrogens (tertiary/aromatic N) is 1. The Morgan fingerprint density at radius 2 is 2.58 bits per heavy atom. The summed E-state index contributed by atoms with van der Waals surface area (Å²) in [5.74, 6) is -0.296. The fourth-order valence-electron chi connectivity index (χ4n) is 0.728. The number of carbonyl (C=O) groups is 1. The Bertz CT molecular complexity index is 271. The average molecular weight is 185 g/mol. The van der Waals surface area contributed by atoms with Gasteiger partial charge in [0.05, 0.1) is 5.69 Å². The molecule has 0 aliphatic carbocycles. The third kappa shape index (κ3) is 2.87. The van der Waals surface area contributed by atoms with E-state index in [2.05, 4.69) is 10.3 Å². The normalized spacial score (nSPS) is 9.75. The molecule has 4 nitrogen and oxygen atoms in total. The van der Waals surface area contributed by atoms with Gasteiger partial charge in [0.1, 0.15) is 0 Å². The Morgan fingerprint density at radius 3 is 3.08 bits per heavy atom. The zero-order valence-corrected chi connectivity index (χ0v) is 7.65. The maximum Gasteiger partial charge on any atom is 0.219 e. The molecule has 0 aliphatic rings. The summed E-state index contributed by atoms with van der Waals surface area (Å²) in [4.78, 5) is 14.5. The van der Waals surface area contributed by atoms with E-state index in [1.54, 1.807) is 0 Å². The third-order valence-electron chi connectivity index (χ3n) is 1.27. The van der Waals surface area contributed by atoms with E-state index in [4.69, 9.17) is 5.73 Å². The Labute approximate surface area is 74.8 Å². The number of hydrogen-bond acceptors (Lipinski definition) is 4. The van der Waals surface area contributed by atoms with Gasteiger partial charge in [-0.15, -0.1) is 11.3 Å². The zero-order chi connectivity index (χ0) is 8.97. The Hall–Kier alpha value is -1.10. The van der Waals surface area contributed by atoms with Crippen LogP contribution in [0.4, 0.5) is 5.13 Å². The van der Waals surface area contributed by atoms with Gasteiger partial charge >= 0.3 is 0 Å². The third-order valence-corrected chi connectivity index (χ3v) is 2.18. The molecule has 0 aliphatic heterocycles. The minimum atomic E-state index is -0.296. The molecule has 1 heterocycles. The predicted molar refractivity (Wildman–Crippen MR) is 49.2 cm³/mol. The number of thiazole rings is 1. The molecule has 5 heteroatoms. The maximum atomic E-state index is 10.4. The van der Waals surface area contributed by atoms with Gasteiger partial charge in [0.2, 0.25) is 5.91 Å². The van der Waals surface area contributed by atoms with Gasteiger partial charge in [-0.25, -0.2) is 4.98 Å². The number of hydrogen-bond donors (Lipinski definition) is 2. The van der Waals surface area contributed by atoms with Crippen molar-refractivity contribution in [3.8, 4) is 0 Å². The van der Waals surface area contributed by atoms with Crippen LogP contribution in [0, 0.1) is 6.92 Å². The molecule has 0 bridgehead atoms. The van der Waals surface area contributed by atoms with Crippen molar-refractivity contribution < 1.29 is 4.79 Å². The van der Waals surface area contributed by atoms with Gasteiger partial charge < -0.3 is 11.1 Å². The van der Waals surface area contributed by atoms with Crippen LogP contribution in [0.2, 0.25) is 0 Å². The number of aryl methyl sites for hydroxylation is 1. The van der Waals surface area contributed by atoms with E-state index in [1.807, 2.05) is 12.3 Å². The lowest BCUT2D eigenvalue weighted by Crippen LogP contribution is -2.15. The number of nitrogens with one attached hydrogen (secondary N) is 1. The summed E-state index contributed by atoms with van der Waals surface area (Å²) >= 11 is 1.53. The second-order valence-corrected chi connectivity index (χ2v) is 3.30. The summed E-state index contributed by atoms with van der Waals surface area (Å²) in [7, 11) is 0. The monoisotopic (exact) mass is 185 g/mol. The lowest BCUT2D eigenvalue weighted by atomic mass is 10.4. The van der Waals surface area contributed by atoms with Crippen molar-refractivity contribution in [2.24, 2.45) is 5.73 Å². The van der Waals surface area contributed by atoms with Gasteiger partial charge in [-0.3, -0.25) is 4.79 Å². The minimum absolute atomic E-state index is 0.296. The lowest BCUT2D eigenvalue weighted by Gasteiger charge is -1.97. The predicted octanol–water partition coefficient (Wildman–Crippen LogP) is 0.739. The van der Waals surface area contributed by atoms with Crippen LogP contribution in [0.3, 0.4) is 0 Å². The quantitative estimate of drug-likeness (QED) is 0.727. The molecular formula is C7H11N3OS. The summed E-state index contributed by atoms with van der Waals surface area (Å²) < 4.78 is 0. The van der Waals surface area contributed by atoms with E-state index in [9.17, 15) is 4.79 Å². The molecule has 0 saturated carbocycles. The van der Waals surface area contributed by atoms with Gasteiger partial charge in [-0.1, -0.05) is 0 Å². The molecule has 1 amide bonds. The number of rotatable bonds is 4. The first-order valence-electron chi connectivity index (χ1n) is 3.63. The van der Waals surface area contributed by atoms with Crippen molar-refractivity contribution in [3.05, 3.63) is 11.1 Å². The van der Waals surface area contributed by atoms with Crippen molar-refractivity contribution in [2.45, 2.75) is 13.3 Å². The standard InChI is InChI=1S/C7H11N3OS/c1-5-4-12-7(10-5)9-3-2-6(8)11/h4H,2-3H2,1H3,(H2,8,11)(H,9,10). The van der Waals surface area contributed by atoms with E-state index in [1.165, 1.54) is 11.3 Å². The van der Waals surface area contributed by atoms with E-state index in [0.29, 0.717) is 13.0 Å². The van der Waals surface area contributed by atoms with Gasteiger partial charge in [-0.05, 0) is 6.92 Å². The smallest absolute Gasteiger partial charge is 0.219 e. The molecule has 1 rings (SSSR count). The molecule has 1 aromatic rings. The molecule has 0 atom stereocenters. The van der Waals surface area contributed by atoms with Crippen LogP contribution >= 0.6 is 11.3 Å². The minimum Gasteiger partial charge on any atom is -0.370 e. The Morgan fingerprint density at radius 1 is 1.83 bits per heavy atom. The van der Waals surface area contributed by atoms with Gasteiger partial charge in [-0.2, -0.15) is 0 Å². The summed E-state index contributed by atoms with van der Waals surface area (Å²) in [6.07, 6.45) is 0.346. The molecule has 12 heavy (non-hydrogen) atoms. The van der Waals surface area contributed by atoms with Gasteiger partial charge in [0.15, 0.2) is 5.13 Å². The van der Waals surface area contributed by atoms with E-state index < -0.39 is 0 Å². The van der Waals surface area contributed by atoms with Gasteiger partial charge in [0, 0.05) is 18.3 Å². The molecule has 3 N–H and O–H groups in total. The fraction of sp³-hybridized carbons (Fsp3) is 0.429. The molecule has 0 unspecified atom stereocenters. The SMILES string of the molecule is Cc1csc(NCCC(N)=O)n1. The Balaban J connectivity index is 2.29. The first-order chi connectivity index (χ1) is 5.68. The lowest BCUT2D eigenvalue weighted by molar-refractivity contribution is -0.117. The van der Waals surface area contributed by atoms with Crippen molar-refractivity contribution in [1.29, 1.82) is 0 Å². The van der Waals surface area contributed by atoms with Crippen molar-refractivity contribution in [3.63, 3.8) is 0 Å².